The van der Waals surface area contributed by atoms with E-state index in [1.807, 2.05) is 0 Å². The molecule has 0 bridgehead atoms. The lowest BCUT2D eigenvalue weighted by molar-refractivity contribution is 0.0449. The molecule has 0 aromatic heterocycles. The average molecular weight is 482 g/mol. The van der Waals surface area contributed by atoms with Crippen molar-refractivity contribution >= 4 is 45.2 Å². The highest BCUT2D eigenvalue weighted by Crippen LogP contribution is 2.03. The van der Waals surface area contributed by atoms with Crippen molar-refractivity contribution < 1.29 is 9.47 Å². The van der Waals surface area contributed by atoms with Crippen molar-refractivity contribution in [2.24, 2.45) is 0 Å². The fourth-order valence-electron chi connectivity index (χ4n) is 1.63. The van der Waals surface area contributed by atoms with Gasteiger partial charge in [-0.2, -0.15) is 0 Å². The molecular weight excluding hydrogens is 454 g/mol. The lowest BCUT2D eigenvalue weighted by Crippen LogP contribution is -2.06. The highest BCUT2D eigenvalue weighted by molar-refractivity contribution is 14.1. The van der Waals surface area contributed by atoms with Crippen molar-refractivity contribution in [1.82, 2.24) is 0 Å². The molecule has 0 aromatic carbocycles. The molecule has 0 aliphatic rings. The summed E-state index contributed by atoms with van der Waals surface area (Å²) in [7, 11) is 0. The summed E-state index contributed by atoms with van der Waals surface area (Å²) in [6, 6.07) is 0. The van der Waals surface area contributed by atoms with Crippen molar-refractivity contribution in [2.75, 3.05) is 35.3 Å². The van der Waals surface area contributed by atoms with Crippen LogP contribution in [-0.2, 0) is 9.47 Å². The second kappa shape index (κ2) is 18.4. The zero-order valence-corrected chi connectivity index (χ0v) is 15.8. The van der Waals surface area contributed by atoms with Gasteiger partial charge < -0.3 is 9.47 Å². The van der Waals surface area contributed by atoms with Crippen LogP contribution in [0.15, 0.2) is 0 Å². The van der Waals surface area contributed by atoms with Gasteiger partial charge in [0.1, 0.15) is 0 Å². The maximum atomic E-state index is 5.53. The van der Waals surface area contributed by atoms with Crippen molar-refractivity contribution in [3.63, 3.8) is 0 Å². The molecule has 0 fully saturated rings. The second-order valence-electron chi connectivity index (χ2n) is 4.43. The van der Waals surface area contributed by atoms with Crippen LogP contribution in [0.25, 0.3) is 0 Å². The molecule has 0 heterocycles. The first-order chi connectivity index (χ1) is 8.91. The lowest BCUT2D eigenvalue weighted by atomic mass is 10.2. The Labute approximate surface area is 140 Å². The Bertz CT molecular complexity index is 130. The molecule has 4 heteroatoms. The molecule has 0 unspecified atom stereocenters. The van der Waals surface area contributed by atoms with Gasteiger partial charge in [0.15, 0.2) is 0 Å². The predicted octanol–water partition coefficient (Wildman–Crippen LogP) is 5.01. The van der Waals surface area contributed by atoms with E-state index in [0.29, 0.717) is 0 Å². The molecule has 110 valence electrons. The van der Waals surface area contributed by atoms with E-state index >= 15 is 0 Å². The van der Waals surface area contributed by atoms with E-state index in [4.69, 9.17) is 9.47 Å². The Morgan fingerprint density at radius 3 is 1.22 bits per heavy atom. The first-order valence-electron chi connectivity index (χ1n) is 7.19. The minimum atomic E-state index is 0.764. The first kappa shape index (κ1) is 19.4. The van der Waals surface area contributed by atoms with Crippen LogP contribution < -0.4 is 0 Å². The summed E-state index contributed by atoms with van der Waals surface area (Å²) >= 11 is 4.87. The fourth-order valence-corrected chi connectivity index (χ4v) is 2.71. The summed E-state index contributed by atoms with van der Waals surface area (Å²) < 4.78 is 13.6. The Balaban J connectivity index is 2.86. The van der Waals surface area contributed by atoms with Gasteiger partial charge in [0.25, 0.3) is 0 Å². The van der Waals surface area contributed by atoms with E-state index in [1.165, 1.54) is 60.2 Å². The van der Waals surface area contributed by atoms with Crippen LogP contribution in [-0.4, -0.2) is 35.3 Å². The Kier molecular flexibility index (Phi) is 19.8. The fraction of sp³-hybridized carbons (Fsp3) is 1.00. The number of ether oxygens (including phenoxy) is 2. The molecule has 0 amide bonds. The smallest absolute Gasteiger partial charge is 0.0700 e. The number of hydrogen-bond donors (Lipinski definition) is 0. The monoisotopic (exact) mass is 482 g/mol. The summed E-state index contributed by atoms with van der Waals surface area (Å²) in [5.41, 5.74) is 0. The zero-order chi connectivity index (χ0) is 13.3. The van der Waals surface area contributed by atoms with Gasteiger partial charge in [-0.15, -0.1) is 0 Å². The standard InChI is InChI=1S/C14H28I2O2/c15-9-5-1-3-7-11-17-13-14-18-12-8-4-2-6-10-16/h1-14H2. The van der Waals surface area contributed by atoms with Crippen LogP contribution in [0.3, 0.4) is 0 Å². The van der Waals surface area contributed by atoms with Crippen LogP contribution >= 0.6 is 45.2 Å². The molecular formula is C14H28I2O2. The maximum absolute atomic E-state index is 5.53. The normalized spacial score (nSPS) is 11.0. The Hall–Kier alpha value is 1.38. The van der Waals surface area contributed by atoms with Gasteiger partial charge in [0, 0.05) is 13.2 Å². The van der Waals surface area contributed by atoms with Gasteiger partial charge in [0.2, 0.25) is 0 Å². The third-order valence-corrected chi connectivity index (χ3v) is 4.24. The average Bonchev–Trinajstić information content (AvgIpc) is 2.39. The first-order valence-corrected chi connectivity index (χ1v) is 10.2. The summed E-state index contributed by atoms with van der Waals surface area (Å²) in [4.78, 5) is 0. The van der Waals surface area contributed by atoms with Crippen molar-refractivity contribution in [3.8, 4) is 0 Å². The zero-order valence-electron chi connectivity index (χ0n) is 11.5. The van der Waals surface area contributed by atoms with Crippen molar-refractivity contribution in [1.29, 1.82) is 0 Å². The SMILES string of the molecule is ICCCCCCOCCOCCCCCCI. The highest BCUT2D eigenvalue weighted by atomic mass is 127. The number of unbranched alkanes of at least 4 members (excludes halogenated alkanes) is 6. The molecule has 0 aliphatic heterocycles. The van der Waals surface area contributed by atoms with E-state index in [1.54, 1.807) is 0 Å². The molecule has 0 N–H and O–H groups in total. The second-order valence-corrected chi connectivity index (χ2v) is 6.59. The van der Waals surface area contributed by atoms with Crippen LogP contribution in [0.5, 0.6) is 0 Å². The summed E-state index contributed by atoms with van der Waals surface area (Å²) in [6.07, 6.45) is 10.4. The van der Waals surface area contributed by atoms with Crippen LogP contribution in [0.1, 0.15) is 51.4 Å². The van der Waals surface area contributed by atoms with Gasteiger partial charge in [-0.25, -0.2) is 0 Å². The van der Waals surface area contributed by atoms with Gasteiger partial charge in [-0.1, -0.05) is 70.9 Å². The van der Waals surface area contributed by atoms with E-state index in [-0.39, 0.29) is 0 Å². The summed E-state index contributed by atoms with van der Waals surface area (Å²) in [5.74, 6) is 0. The molecule has 0 aromatic rings. The molecule has 0 atom stereocenters. The maximum Gasteiger partial charge on any atom is 0.0700 e. The van der Waals surface area contributed by atoms with Crippen LogP contribution in [0.2, 0.25) is 0 Å². The number of halogens is 2. The molecule has 0 saturated carbocycles. The van der Waals surface area contributed by atoms with Crippen LogP contribution in [0, 0.1) is 0 Å². The number of hydrogen-bond acceptors (Lipinski definition) is 2. The Morgan fingerprint density at radius 1 is 0.444 bits per heavy atom. The molecule has 18 heavy (non-hydrogen) atoms. The van der Waals surface area contributed by atoms with Gasteiger partial charge in [0.05, 0.1) is 13.2 Å². The molecule has 0 rings (SSSR count). The summed E-state index contributed by atoms with van der Waals surface area (Å²) in [5, 5.41) is 0. The number of rotatable bonds is 15. The quantitative estimate of drug-likeness (QED) is 0.186. The third-order valence-electron chi connectivity index (χ3n) is 2.72. The van der Waals surface area contributed by atoms with Crippen LogP contribution in [0.4, 0.5) is 0 Å². The van der Waals surface area contributed by atoms with Gasteiger partial charge in [-0.05, 0) is 34.5 Å². The van der Waals surface area contributed by atoms with Crippen molar-refractivity contribution in [2.45, 2.75) is 51.4 Å². The van der Waals surface area contributed by atoms with Gasteiger partial charge in [-0.3, -0.25) is 0 Å². The van der Waals surface area contributed by atoms with Gasteiger partial charge >= 0.3 is 0 Å². The third kappa shape index (κ3) is 17.4. The minimum absolute atomic E-state index is 0.764. The molecule has 0 spiro atoms. The Morgan fingerprint density at radius 2 is 0.833 bits per heavy atom. The highest BCUT2D eigenvalue weighted by Gasteiger charge is 1.93. The minimum Gasteiger partial charge on any atom is -0.379 e. The summed E-state index contributed by atoms with van der Waals surface area (Å²) in [6.45, 7) is 3.33. The molecule has 0 saturated heterocycles. The van der Waals surface area contributed by atoms with E-state index in [0.717, 1.165) is 26.4 Å². The topological polar surface area (TPSA) is 18.5 Å². The number of alkyl halides is 2. The molecule has 0 radical (unpaired) electrons. The van der Waals surface area contributed by atoms with Crippen molar-refractivity contribution in [3.05, 3.63) is 0 Å². The van der Waals surface area contributed by atoms with E-state index in [9.17, 15) is 0 Å². The predicted molar refractivity (Wildman–Crippen MR) is 96.3 cm³/mol. The molecule has 2 nitrogen and oxygen atoms in total. The lowest BCUT2D eigenvalue weighted by Gasteiger charge is -2.05. The van der Waals surface area contributed by atoms with E-state index < -0.39 is 0 Å². The molecule has 0 aliphatic carbocycles. The van der Waals surface area contributed by atoms with E-state index in [2.05, 4.69) is 45.2 Å². The largest absolute Gasteiger partial charge is 0.379 e.